The van der Waals surface area contributed by atoms with Gasteiger partial charge in [0.25, 0.3) is 5.56 Å². The van der Waals surface area contributed by atoms with Crippen LogP contribution in [0, 0.1) is 11.3 Å². The molecule has 0 fully saturated rings. The lowest BCUT2D eigenvalue weighted by atomic mass is 9.97. The molecule has 5 heteroatoms. The summed E-state index contributed by atoms with van der Waals surface area (Å²) in [5, 5.41) is 19.5. The van der Waals surface area contributed by atoms with Gasteiger partial charge in [0.1, 0.15) is 5.75 Å². The summed E-state index contributed by atoms with van der Waals surface area (Å²) in [7, 11) is 0. The number of nitriles is 1. The summed E-state index contributed by atoms with van der Waals surface area (Å²) in [5.41, 5.74) is 0.935. The maximum absolute atomic E-state index is 12.1. The Morgan fingerprint density at radius 1 is 1.33 bits per heavy atom. The van der Waals surface area contributed by atoms with Gasteiger partial charge in [0.05, 0.1) is 30.4 Å². The average molecular weight is 282 g/mol. The number of pyridine rings is 1. The van der Waals surface area contributed by atoms with Gasteiger partial charge in [-0.15, -0.1) is 0 Å². The van der Waals surface area contributed by atoms with Crippen LogP contribution in [-0.4, -0.2) is 22.4 Å². The van der Waals surface area contributed by atoms with Crippen molar-refractivity contribution in [3.05, 3.63) is 64.1 Å². The third-order valence-corrected chi connectivity index (χ3v) is 3.64. The second-order valence-electron chi connectivity index (χ2n) is 4.96. The lowest BCUT2D eigenvalue weighted by molar-refractivity contribution is 0.112. The lowest BCUT2D eigenvalue weighted by Crippen LogP contribution is -2.32. The van der Waals surface area contributed by atoms with Crippen LogP contribution in [0.25, 0.3) is 0 Å². The van der Waals surface area contributed by atoms with E-state index < -0.39 is 12.1 Å². The average Bonchev–Trinajstić information content (AvgIpc) is 2.66. The van der Waals surface area contributed by atoms with E-state index in [-0.39, 0.29) is 5.56 Å². The highest BCUT2D eigenvalue weighted by Crippen LogP contribution is 2.34. The van der Waals surface area contributed by atoms with E-state index in [1.807, 2.05) is 0 Å². The second-order valence-corrected chi connectivity index (χ2v) is 4.96. The van der Waals surface area contributed by atoms with E-state index in [0.717, 1.165) is 0 Å². The minimum atomic E-state index is -0.750. The molecule has 0 saturated carbocycles. The zero-order valence-electron chi connectivity index (χ0n) is 11.3. The van der Waals surface area contributed by atoms with Crippen molar-refractivity contribution >= 4 is 0 Å². The predicted octanol–water partition coefficient (Wildman–Crippen LogP) is 1.45. The van der Waals surface area contributed by atoms with Crippen molar-refractivity contribution in [1.82, 2.24) is 4.57 Å². The summed E-state index contributed by atoms with van der Waals surface area (Å²) in [6.07, 6.45) is 1.31. The molecule has 0 amide bonds. The van der Waals surface area contributed by atoms with Crippen LogP contribution in [0.15, 0.2) is 47.4 Å². The van der Waals surface area contributed by atoms with Crippen LogP contribution in [-0.2, 0) is 0 Å². The zero-order chi connectivity index (χ0) is 14.8. The summed E-state index contributed by atoms with van der Waals surface area (Å²) in [6, 6.07) is 11.4. The summed E-state index contributed by atoms with van der Waals surface area (Å²) in [6.45, 7) is 0.373. The molecule has 1 aliphatic rings. The van der Waals surface area contributed by atoms with Gasteiger partial charge in [-0.3, -0.25) is 4.79 Å². The van der Waals surface area contributed by atoms with Crippen LogP contribution in [0.5, 0.6) is 5.75 Å². The van der Waals surface area contributed by atoms with Gasteiger partial charge in [0, 0.05) is 24.2 Å². The third kappa shape index (κ3) is 2.41. The molecule has 1 N–H and O–H groups in total. The largest absolute Gasteiger partial charge is 0.493 e. The number of nitrogens with zero attached hydrogens (tertiary/aromatic N) is 2. The molecule has 1 aliphatic heterocycles. The Kier molecular flexibility index (Phi) is 3.46. The number of aliphatic hydroxyl groups excluding tert-OH is 1. The van der Waals surface area contributed by atoms with Crippen molar-refractivity contribution in [3.8, 4) is 11.8 Å². The van der Waals surface area contributed by atoms with Gasteiger partial charge in [-0.05, 0) is 24.3 Å². The van der Waals surface area contributed by atoms with E-state index in [2.05, 4.69) is 6.07 Å². The highest BCUT2D eigenvalue weighted by molar-refractivity contribution is 5.45. The number of fused-ring (bicyclic) bond motifs is 1. The van der Waals surface area contributed by atoms with Crippen LogP contribution in [0.3, 0.4) is 0 Å². The van der Waals surface area contributed by atoms with E-state index in [1.54, 1.807) is 36.5 Å². The van der Waals surface area contributed by atoms with Crippen molar-refractivity contribution in [1.29, 1.82) is 5.26 Å². The van der Waals surface area contributed by atoms with Gasteiger partial charge in [0.15, 0.2) is 0 Å². The number of benzene rings is 1. The molecule has 2 atom stereocenters. The Bertz CT molecular complexity index is 761. The summed E-state index contributed by atoms with van der Waals surface area (Å²) in [5.74, 6) is 0.603. The van der Waals surface area contributed by atoms with E-state index in [9.17, 15) is 9.90 Å². The number of rotatable bonds is 1. The van der Waals surface area contributed by atoms with Crippen molar-refractivity contribution in [3.63, 3.8) is 0 Å². The first-order valence-electron chi connectivity index (χ1n) is 6.73. The van der Waals surface area contributed by atoms with Crippen molar-refractivity contribution in [2.45, 2.75) is 18.6 Å². The van der Waals surface area contributed by atoms with Crippen molar-refractivity contribution in [2.75, 3.05) is 6.61 Å². The Hall–Kier alpha value is -2.58. The molecule has 0 saturated heterocycles. The molecule has 2 heterocycles. The predicted molar refractivity (Wildman–Crippen MR) is 76.1 cm³/mol. The van der Waals surface area contributed by atoms with Gasteiger partial charge in [-0.25, -0.2) is 0 Å². The minimum absolute atomic E-state index is 0.197. The highest BCUT2D eigenvalue weighted by Gasteiger charge is 2.29. The Labute approximate surface area is 121 Å². The summed E-state index contributed by atoms with van der Waals surface area (Å²) >= 11 is 0. The van der Waals surface area contributed by atoms with E-state index in [1.165, 1.54) is 10.6 Å². The molecule has 3 rings (SSSR count). The monoisotopic (exact) mass is 282 g/mol. The Balaban J connectivity index is 2.22. The Morgan fingerprint density at radius 2 is 2.19 bits per heavy atom. The van der Waals surface area contributed by atoms with E-state index >= 15 is 0 Å². The highest BCUT2D eigenvalue weighted by atomic mass is 16.5. The van der Waals surface area contributed by atoms with Crippen LogP contribution in [0.1, 0.15) is 23.6 Å². The topological polar surface area (TPSA) is 75.2 Å². The van der Waals surface area contributed by atoms with Crippen LogP contribution in [0.4, 0.5) is 0 Å². The van der Waals surface area contributed by atoms with Gasteiger partial charge >= 0.3 is 0 Å². The fourth-order valence-corrected chi connectivity index (χ4v) is 2.64. The maximum Gasteiger partial charge on any atom is 0.251 e. The van der Waals surface area contributed by atoms with Gasteiger partial charge in [0.2, 0.25) is 0 Å². The number of hydrogen-bond donors (Lipinski definition) is 1. The van der Waals surface area contributed by atoms with Crippen LogP contribution in [0.2, 0.25) is 0 Å². The van der Waals surface area contributed by atoms with Crippen molar-refractivity contribution < 1.29 is 9.84 Å². The smallest absolute Gasteiger partial charge is 0.251 e. The molecular weight excluding hydrogens is 268 g/mol. The first-order valence-corrected chi connectivity index (χ1v) is 6.73. The lowest BCUT2D eigenvalue weighted by Gasteiger charge is -2.23. The fraction of sp³-hybridized carbons (Fsp3) is 0.250. The summed E-state index contributed by atoms with van der Waals surface area (Å²) in [4.78, 5) is 12.1. The SMILES string of the molecule is N#Cc1ccc2c(c1)[C@@H](n1ccccc1=O)[C@H](O)CCO2. The first kappa shape index (κ1) is 13.4. The molecule has 2 aromatic rings. The Morgan fingerprint density at radius 3 is 2.95 bits per heavy atom. The fourth-order valence-electron chi connectivity index (χ4n) is 2.64. The number of aliphatic hydroxyl groups is 1. The molecule has 21 heavy (non-hydrogen) atoms. The number of ether oxygens (including phenoxy) is 1. The molecule has 0 unspecified atom stereocenters. The summed E-state index contributed by atoms with van der Waals surface area (Å²) < 4.78 is 7.11. The van der Waals surface area contributed by atoms with E-state index in [4.69, 9.17) is 10.00 Å². The number of hydrogen-bond acceptors (Lipinski definition) is 4. The van der Waals surface area contributed by atoms with Crippen LogP contribution >= 0.6 is 0 Å². The van der Waals surface area contributed by atoms with Crippen LogP contribution < -0.4 is 10.3 Å². The second kappa shape index (κ2) is 5.43. The number of aromatic nitrogens is 1. The molecule has 0 radical (unpaired) electrons. The molecule has 0 bridgehead atoms. The standard InChI is InChI=1S/C16H14N2O3/c17-10-11-4-5-14-12(9-11)16(13(19)6-8-21-14)18-7-2-1-3-15(18)20/h1-5,7,9,13,16,19H,6,8H2/t13-,16-/m1/s1. The van der Waals surface area contributed by atoms with Crippen molar-refractivity contribution in [2.24, 2.45) is 0 Å². The van der Waals surface area contributed by atoms with E-state index in [0.29, 0.717) is 29.9 Å². The molecule has 0 spiro atoms. The molecule has 1 aromatic carbocycles. The zero-order valence-corrected chi connectivity index (χ0v) is 11.3. The molecule has 5 nitrogen and oxygen atoms in total. The minimum Gasteiger partial charge on any atom is -0.493 e. The maximum atomic E-state index is 12.1. The first-order chi connectivity index (χ1) is 10.2. The molecule has 0 aliphatic carbocycles. The van der Waals surface area contributed by atoms with Gasteiger partial charge in [-0.2, -0.15) is 5.26 Å². The normalized spacial score (nSPS) is 20.8. The quantitative estimate of drug-likeness (QED) is 0.859. The van der Waals surface area contributed by atoms with Gasteiger partial charge < -0.3 is 14.4 Å². The molecule has 106 valence electrons. The van der Waals surface area contributed by atoms with Gasteiger partial charge in [-0.1, -0.05) is 6.07 Å². The third-order valence-electron chi connectivity index (χ3n) is 3.64. The molecule has 1 aromatic heterocycles. The molecular formula is C16H14N2O3.